The molecule has 0 atom stereocenters. The topological polar surface area (TPSA) is 53.6 Å². The number of hydrogen-bond acceptors (Lipinski definition) is 3. The second kappa shape index (κ2) is 6.21. The van der Waals surface area contributed by atoms with Crippen LogP contribution in [0.5, 0.6) is 0 Å². The van der Waals surface area contributed by atoms with Crippen molar-refractivity contribution in [2.75, 3.05) is 13.1 Å². The fourth-order valence-corrected chi connectivity index (χ4v) is 1.04. The monoisotopic (exact) mass is 178 g/mol. The fraction of sp³-hybridized carbons (Fsp3) is 0.556. The summed E-state index contributed by atoms with van der Waals surface area (Å²) in [6.07, 6.45) is 7.09. The molecule has 4 heteroatoms. The molecule has 1 heterocycles. The zero-order valence-electron chi connectivity index (χ0n) is 7.61. The zero-order chi connectivity index (χ0) is 9.36. The van der Waals surface area contributed by atoms with Crippen LogP contribution in [0.3, 0.4) is 0 Å². The minimum absolute atomic E-state index is 0.637. The molecule has 1 rings (SSSR count). The molecule has 13 heavy (non-hydrogen) atoms. The number of nitrogens with one attached hydrogen (secondary N) is 1. The van der Waals surface area contributed by atoms with Gasteiger partial charge >= 0.3 is 0 Å². The van der Waals surface area contributed by atoms with Gasteiger partial charge in [0.15, 0.2) is 0 Å². The molecule has 1 aromatic heterocycles. The number of nitriles is 1. The average Bonchev–Trinajstić information content (AvgIpc) is 2.63. The Bertz CT molecular complexity index is 247. The van der Waals surface area contributed by atoms with E-state index in [0.29, 0.717) is 6.42 Å². The van der Waals surface area contributed by atoms with Crippen molar-refractivity contribution in [2.24, 2.45) is 0 Å². The Hall–Kier alpha value is -1.34. The Kier molecular flexibility index (Phi) is 4.65. The summed E-state index contributed by atoms with van der Waals surface area (Å²) in [4.78, 5) is 3.94. The summed E-state index contributed by atoms with van der Waals surface area (Å²) in [5, 5.41) is 11.5. The number of nitrogens with zero attached hydrogens (tertiary/aromatic N) is 3. The van der Waals surface area contributed by atoms with Crippen LogP contribution >= 0.6 is 0 Å². The van der Waals surface area contributed by atoms with Crippen molar-refractivity contribution in [3.63, 3.8) is 0 Å². The van der Waals surface area contributed by atoms with Crippen molar-refractivity contribution in [3.05, 3.63) is 18.7 Å². The van der Waals surface area contributed by atoms with Crippen LogP contribution < -0.4 is 5.32 Å². The molecule has 1 aromatic rings. The number of hydrogen-bond donors (Lipinski definition) is 1. The minimum atomic E-state index is 0.637. The second-order valence-corrected chi connectivity index (χ2v) is 2.81. The SMILES string of the molecule is N#CCCCNCCn1ccnc1. The first-order valence-corrected chi connectivity index (χ1v) is 4.47. The van der Waals surface area contributed by atoms with Gasteiger partial charge in [0.25, 0.3) is 0 Å². The van der Waals surface area contributed by atoms with E-state index in [4.69, 9.17) is 5.26 Å². The summed E-state index contributed by atoms with van der Waals surface area (Å²) in [5.74, 6) is 0. The first kappa shape index (κ1) is 9.75. The molecule has 1 N–H and O–H groups in total. The Balaban J connectivity index is 1.94. The summed E-state index contributed by atoms with van der Waals surface area (Å²) in [5.41, 5.74) is 0. The van der Waals surface area contributed by atoms with Gasteiger partial charge in [-0.25, -0.2) is 4.98 Å². The van der Waals surface area contributed by atoms with Crippen LogP contribution in [-0.4, -0.2) is 22.6 Å². The highest BCUT2D eigenvalue weighted by Crippen LogP contribution is 1.85. The van der Waals surface area contributed by atoms with Crippen LogP contribution in [0.2, 0.25) is 0 Å². The molecule has 0 aromatic carbocycles. The Morgan fingerprint density at radius 1 is 1.46 bits per heavy atom. The number of rotatable bonds is 6. The van der Waals surface area contributed by atoms with Crippen molar-refractivity contribution < 1.29 is 0 Å². The lowest BCUT2D eigenvalue weighted by molar-refractivity contribution is 0.586. The lowest BCUT2D eigenvalue weighted by atomic mass is 10.3. The van der Waals surface area contributed by atoms with Crippen molar-refractivity contribution in [3.8, 4) is 6.07 Å². The van der Waals surface area contributed by atoms with Gasteiger partial charge in [0.1, 0.15) is 0 Å². The molecule has 0 aliphatic carbocycles. The van der Waals surface area contributed by atoms with Crippen LogP contribution in [0.25, 0.3) is 0 Å². The van der Waals surface area contributed by atoms with E-state index in [2.05, 4.69) is 16.4 Å². The molecule has 0 unspecified atom stereocenters. The number of unbranched alkanes of at least 4 members (excludes halogenated alkanes) is 1. The van der Waals surface area contributed by atoms with Gasteiger partial charge < -0.3 is 9.88 Å². The van der Waals surface area contributed by atoms with Crippen molar-refractivity contribution >= 4 is 0 Å². The molecule has 0 amide bonds. The molecular formula is C9H14N4. The van der Waals surface area contributed by atoms with Gasteiger partial charge in [0.2, 0.25) is 0 Å². The second-order valence-electron chi connectivity index (χ2n) is 2.81. The molecule has 0 bridgehead atoms. The Morgan fingerprint density at radius 3 is 3.08 bits per heavy atom. The van der Waals surface area contributed by atoms with Crippen LogP contribution in [0.4, 0.5) is 0 Å². The molecule has 0 saturated carbocycles. The molecule has 0 fully saturated rings. The summed E-state index contributed by atoms with van der Waals surface area (Å²) in [7, 11) is 0. The summed E-state index contributed by atoms with van der Waals surface area (Å²) >= 11 is 0. The molecule has 0 aliphatic heterocycles. The van der Waals surface area contributed by atoms with Crippen molar-refractivity contribution in [1.82, 2.24) is 14.9 Å². The van der Waals surface area contributed by atoms with E-state index in [-0.39, 0.29) is 0 Å². The highest BCUT2D eigenvalue weighted by molar-refractivity contribution is 4.74. The third-order valence-corrected chi connectivity index (χ3v) is 1.75. The van der Waals surface area contributed by atoms with Gasteiger partial charge in [0, 0.05) is 31.9 Å². The highest BCUT2D eigenvalue weighted by atomic mass is 15.0. The van der Waals surface area contributed by atoms with Crippen LogP contribution in [0.1, 0.15) is 12.8 Å². The quantitative estimate of drug-likeness (QED) is 0.655. The molecule has 4 nitrogen and oxygen atoms in total. The van der Waals surface area contributed by atoms with E-state index in [9.17, 15) is 0 Å². The van der Waals surface area contributed by atoms with Gasteiger partial charge in [-0.2, -0.15) is 5.26 Å². The van der Waals surface area contributed by atoms with E-state index >= 15 is 0 Å². The minimum Gasteiger partial charge on any atom is -0.336 e. The smallest absolute Gasteiger partial charge is 0.0946 e. The maximum atomic E-state index is 8.28. The van der Waals surface area contributed by atoms with Crippen LogP contribution in [0.15, 0.2) is 18.7 Å². The van der Waals surface area contributed by atoms with Gasteiger partial charge in [-0.3, -0.25) is 0 Å². The van der Waals surface area contributed by atoms with E-state index in [1.54, 1.807) is 12.5 Å². The third-order valence-electron chi connectivity index (χ3n) is 1.75. The van der Waals surface area contributed by atoms with E-state index in [0.717, 1.165) is 26.1 Å². The van der Waals surface area contributed by atoms with E-state index in [1.807, 2.05) is 10.8 Å². The first-order chi connectivity index (χ1) is 6.43. The normalized spacial score (nSPS) is 9.77. The van der Waals surface area contributed by atoms with E-state index in [1.165, 1.54) is 0 Å². The average molecular weight is 178 g/mol. The van der Waals surface area contributed by atoms with E-state index < -0.39 is 0 Å². The Labute approximate surface area is 78.2 Å². The predicted octanol–water partition coefficient (Wildman–Crippen LogP) is 0.776. The van der Waals surface area contributed by atoms with Crippen LogP contribution in [-0.2, 0) is 6.54 Å². The molecule has 0 aliphatic rings. The summed E-state index contributed by atoms with van der Waals surface area (Å²) in [6.45, 7) is 2.79. The van der Waals surface area contributed by atoms with Gasteiger partial charge in [-0.1, -0.05) is 0 Å². The molecule has 0 radical (unpaired) electrons. The largest absolute Gasteiger partial charge is 0.336 e. The van der Waals surface area contributed by atoms with Gasteiger partial charge in [0.05, 0.1) is 12.4 Å². The molecule has 70 valence electrons. The summed E-state index contributed by atoms with van der Waals surface area (Å²) in [6, 6.07) is 2.12. The van der Waals surface area contributed by atoms with Crippen LogP contribution in [0, 0.1) is 11.3 Å². The maximum absolute atomic E-state index is 8.28. The molecular weight excluding hydrogens is 164 g/mol. The summed E-state index contributed by atoms with van der Waals surface area (Å²) < 4.78 is 2.03. The molecule has 0 saturated heterocycles. The predicted molar refractivity (Wildman–Crippen MR) is 49.9 cm³/mol. The lowest BCUT2D eigenvalue weighted by Gasteiger charge is -2.03. The number of aromatic nitrogens is 2. The third kappa shape index (κ3) is 4.28. The zero-order valence-corrected chi connectivity index (χ0v) is 7.61. The fourth-order valence-electron chi connectivity index (χ4n) is 1.04. The maximum Gasteiger partial charge on any atom is 0.0946 e. The van der Waals surface area contributed by atoms with Gasteiger partial charge in [-0.15, -0.1) is 0 Å². The van der Waals surface area contributed by atoms with Crippen molar-refractivity contribution in [1.29, 1.82) is 5.26 Å². The number of imidazole rings is 1. The first-order valence-electron chi connectivity index (χ1n) is 4.47. The van der Waals surface area contributed by atoms with Crippen molar-refractivity contribution in [2.45, 2.75) is 19.4 Å². The Morgan fingerprint density at radius 2 is 2.38 bits per heavy atom. The van der Waals surface area contributed by atoms with Gasteiger partial charge in [-0.05, 0) is 13.0 Å². The lowest BCUT2D eigenvalue weighted by Crippen LogP contribution is -2.20. The standard InChI is InChI=1S/C9H14N4/c10-3-1-2-4-11-5-7-13-8-6-12-9-13/h6,8-9,11H,1-2,4-5,7H2. The molecule has 0 spiro atoms. The highest BCUT2D eigenvalue weighted by Gasteiger charge is 1.89.